The molecule has 3 amide bonds. The van der Waals surface area contributed by atoms with Gasteiger partial charge in [0, 0.05) is 51.4 Å². The van der Waals surface area contributed by atoms with E-state index in [-0.39, 0.29) is 35.2 Å². The number of rotatable bonds is 5. The fourth-order valence-electron chi connectivity index (χ4n) is 5.91. The van der Waals surface area contributed by atoms with Gasteiger partial charge in [0.05, 0.1) is 12.0 Å². The Morgan fingerprint density at radius 2 is 1.83 bits per heavy atom. The Labute approximate surface area is 209 Å². The van der Waals surface area contributed by atoms with E-state index in [1.165, 1.54) is 12.5 Å². The van der Waals surface area contributed by atoms with Gasteiger partial charge in [0.2, 0.25) is 17.7 Å². The van der Waals surface area contributed by atoms with Crippen LogP contribution in [0.3, 0.4) is 0 Å². The Hall–Kier alpha value is -2.45. The summed E-state index contributed by atoms with van der Waals surface area (Å²) in [6.45, 7) is 12.2. The molecule has 0 aromatic heterocycles. The molecule has 1 spiro atoms. The molecular weight excluding hydrogens is 442 g/mol. The van der Waals surface area contributed by atoms with Crippen LogP contribution in [0.2, 0.25) is 0 Å². The minimum absolute atomic E-state index is 0.0181. The number of hydrogen-bond acceptors (Lipinski definition) is 5. The van der Waals surface area contributed by atoms with Crippen molar-refractivity contribution in [1.29, 1.82) is 0 Å². The van der Waals surface area contributed by atoms with Gasteiger partial charge >= 0.3 is 0 Å². The fraction of sp³-hybridized carbons (Fsp3) is 0.667. The summed E-state index contributed by atoms with van der Waals surface area (Å²) in [7, 11) is 2.11. The molecule has 3 saturated heterocycles. The van der Waals surface area contributed by atoms with Crippen LogP contribution < -0.4 is 10.6 Å². The van der Waals surface area contributed by atoms with Gasteiger partial charge in [-0.3, -0.25) is 19.3 Å². The SMILES string of the molecule is CC(=O)Nc1ccc(CN2CCC3(CC2)CC(=O)N2C[C@@H](N(C)CC(C)(C)C)C[C@H]2C(=O)N3)cc1. The summed E-state index contributed by atoms with van der Waals surface area (Å²) in [6, 6.07) is 7.79. The molecule has 3 aliphatic rings. The van der Waals surface area contributed by atoms with Crippen LogP contribution in [0.4, 0.5) is 5.69 Å². The zero-order chi connectivity index (χ0) is 25.4. The number of hydrogen-bond donors (Lipinski definition) is 2. The third-order valence-electron chi connectivity index (χ3n) is 7.62. The lowest BCUT2D eigenvalue weighted by Crippen LogP contribution is -2.56. The van der Waals surface area contributed by atoms with Crippen molar-refractivity contribution in [3.8, 4) is 0 Å². The van der Waals surface area contributed by atoms with E-state index in [2.05, 4.69) is 48.3 Å². The van der Waals surface area contributed by atoms with E-state index in [1.54, 1.807) is 0 Å². The van der Waals surface area contributed by atoms with Crippen LogP contribution in [0, 0.1) is 5.41 Å². The number of fused-ring (bicyclic) bond motifs is 1. The molecule has 0 bridgehead atoms. The normalized spacial score (nSPS) is 24.9. The summed E-state index contributed by atoms with van der Waals surface area (Å²) in [4.78, 5) is 44.3. The Morgan fingerprint density at radius 1 is 1.17 bits per heavy atom. The van der Waals surface area contributed by atoms with Crippen molar-refractivity contribution in [2.24, 2.45) is 5.41 Å². The van der Waals surface area contributed by atoms with Gasteiger partial charge in [-0.1, -0.05) is 32.9 Å². The zero-order valence-corrected chi connectivity index (χ0v) is 21.9. The predicted octanol–water partition coefficient (Wildman–Crippen LogP) is 2.45. The molecule has 3 aliphatic heterocycles. The third kappa shape index (κ3) is 6.22. The molecule has 3 heterocycles. The van der Waals surface area contributed by atoms with Crippen LogP contribution in [-0.2, 0) is 20.9 Å². The van der Waals surface area contributed by atoms with E-state index in [0.717, 1.165) is 44.7 Å². The number of likely N-dealkylation sites (tertiary alicyclic amines) is 1. The molecule has 3 fully saturated rings. The molecule has 192 valence electrons. The molecule has 0 radical (unpaired) electrons. The van der Waals surface area contributed by atoms with Gasteiger partial charge in [0.15, 0.2) is 0 Å². The Kier molecular flexibility index (Phi) is 7.25. The summed E-state index contributed by atoms with van der Waals surface area (Å²) in [6.07, 6.45) is 2.66. The average molecular weight is 484 g/mol. The highest BCUT2D eigenvalue weighted by molar-refractivity contribution is 5.92. The lowest BCUT2D eigenvalue weighted by Gasteiger charge is -2.41. The second-order valence-electron chi connectivity index (χ2n) is 12.0. The summed E-state index contributed by atoms with van der Waals surface area (Å²) in [5, 5.41) is 6.12. The number of nitrogens with zero attached hydrogens (tertiary/aromatic N) is 3. The highest BCUT2D eigenvalue weighted by atomic mass is 16.2. The average Bonchev–Trinajstić information content (AvgIpc) is 3.18. The first-order valence-corrected chi connectivity index (χ1v) is 12.8. The van der Waals surface area contributed by atoms with Gasteiger partial charge in [-0.15, -0.1) is 0 Å². The number of benzene rings is 1. The topological polar surface area (TPSA) is 85.0 Å². The standard InChI is InChI=1S/C27H41N5O3/c1-19(33)28-21-8-6-20(7-9-21)16-31-12-10-27(11-13-31)15-24(34)32-17-22(14-23(32)25(35)29-27)30(5)18-26(2,3)4/h6-9,22-23H,10-18H2,1-5H3,(H,28,33)(H,29,35)/t22-,23-/m0/s1. The molecule has 35 heavy (non-hydrogen) atoms. The molecule has 4 rings (SSSR count). The van der Waals surface area contributed by atoms with Crippen molar-refractivity contribution in [2.45, 2.75) is 77.5 Å². The molecule has 8 nitrogen and oxygen atoms in total. The van der Waals surface area contributed by atoms with Gasteiger partial charge in [-0.25, -0.2) is 0 Å². The molecule has 1 aromatic rings. The summed E-state index contributed by atoms with van der Waals surface area (Å²) >= 11 is 0. The van der Waals surface area contributed by atoms with Gasteiger partial charge < -0.3 is 20.4 Å². The van der Waals surface area contributed by atoms with Crippen molar-refractivity contribution in [3.63, 3.8) is 0 Å². The largest absolute Gasteiger partial charge is 0.348 e. The number of carbonyl (C=O) groups is 3. The first-order valence-electron chi connectivity index (χ1n) is 12.8. The van der Waals surface area contributed by atoms with Gasteiger partial charge in [0.25, 0.3) is 0 Å². The van der Waals surface area contributed by atoms with Gasteiger partial charge in [0.1, 0.15) is 6.04 Å². The number of anilines is 1. The maximum Gasteiger partial charge on any atom is 0.243 e. The fourth-order valence-corrected chi connectivity index (χ4v) is 5.91. The van der Waals surface area contributed by atoms with Crippen molar-refractivity contribution in [2.75, 3.05) is 38.5 Å². The van der Waals surface area contributed by atoms with Gasteiger partial charge in [-0.05, 0) is 49.4 Å². The second kappa shape index (κ2) is 9.90. The van der Waals surface area contributed by atoms with Crippen molar-refractivity contribution < 1.29 is 14.4 Å². The smallest absolute Gasteiger partial charge is 0.243 e. The molecular formula is C27H41N5O3. The number of nitrogens with one attached hydrogen (secondary N) is 2. The zero-order valence-electron chi connectivity index (χ0n) is 21.9. The minimum atomic E-state index is -0.433. The summed E-state index contributed by atoms with van der Waals surface area (Å²) in [5.41, 5.74) is 1.72. The van der Waals surface area contributed by atoms with E-state index in [4.69, 9.17) is 0 Å². The van der Waals surface area contributed by atoms with Crippen LogP contribution in [0.15, 0.2) is 24.3 Å². The highest BCUT2D eigenvalue weighted by Gasteiger charge is 2.49. The monoisotopic (exact) mass is 483 g/mol. The van der Waals surface area contributed by atoms with Crippen molar-refractivity contribution in [1.82, 2.24) is 20.0 Å². The quantitative estimate of drug-likeness (QED) is 0.672. The van der Waals surface area contributed by atoms with Crippen LogP contribution >= 0.6 is 0 Å². The molecule has 2 N–H and O–H groups in total. The molecule has 8 heteroatoms. The van der Waals surface area contributed by atoms with Crippen LogP contribution in [0.5, 0.6) is 0 Å². The first-order chi connectivity index (χ1) is 16.4. The Balaban J connectivity index is 1.33. The van der Waals surface area contributed by atoms with Crippen LogP contribution in [-0.4, -0.2) is 83.3 Å². The molecule has 2 atom stereocenters. The van der Waals surface area contributed by atoms with E-state index in [0.29, 0.717) is 19.4 Å². The molecule has 0 unspecified atom stereocenters. The van der Waals surface area contributed by atoms with E-state index in [1.807, 2.05) is 29.2 Å². The maximum absolute atomic E-state index is 13.3. The van der Waals surface area contributed by atoms with Crippen LogP contribution in [0.1, 0.15) is 58.9 Å². The summed E-state index contributed by atoms with van der Waals surface area (Å²) < 4.78 is 0. The van der Waals surface area contributed by atoms with Crippen LogP contribution in [0.25, 0.3) is 0 Å². The number of amides is 3. The molecule has 0 aliphatic carbocycles. The van der Waals surface area contributed by atoms with E-state index >= 15 is 0 Å². The Bertz CT molecular complexity index is 919. The third-order valence-corrected chi connectivity index (χ3v) is 7.62. The predicted molar refractivity (Wildman–Crippen MR) is 137 cm³/mol. The first kappa shape index (κ1) is 25.6. The number of piperidine rings is 1. The lowest BCUT2D eigenvalue weighted by atomic mass is 9.84. The minimum Gasteiger partial charge on any atom is -0.348 e. The second-order valence-corrected chi connectivity index (χ2v) is 12.0. The Morgan fingerprint density at radius 3 is 2.43 bits per heavy atom. The van der Waals surface area contributed by atoms with Crippen molar-refractivity contribution >= 4 is 23.4 Å². The van der Waals surface area contributed by atoms with E-state index in [9.17, 15) is 14.4 Å². The maximum atomic E-state index is 13.3. The summed E-state index contributed by atoms with van der Waals surface area (Å²) in [5.74, 6) is 0.0542. The molecule has 1 aromatic carbocycles. The van der Waals surface area contributed by atoms with Crippen molar-refractivity contribution in [3.05, 3.63) is 29.8 Å². The van der Waals surface area contributed by atoms with E-state index < -0.39 is 5.54 Å². The highest BCUT2D eigenvalue weighted by Crippen LogP contribution is 2.34. The van der Waals surface area contributed by atoms with Gasteiger partial charge in [-0.2, -0.15) is 0 Å². The molecule has 0 saturated carbocycles. The number of carbonyl (C=O) groups excluding carboxylic acids is 3. The number of likely N-dealkylation sites (N-methyl/N-ethyl adjacent to an activating group) is 1. The lowest BCUT2D eigenvalue weighted by molar-refractivity contribution is -0.135.